The number of hydrogen-bond donors (Lipinski definition) is 0. The Morgan fingerprint density at radius 3 is 2.65 bits per heavy atom. The average molecular weight is 332 g/mol. The van der Waals surface area contributed by atoms with Crippen LogP contribution in [0.3, 0.4) is 0 Å². The molecule has 1 fully saturated rings. The topological polar surface area (TPSA) is 50.5 Å². The van der Waals surface area contributed by atoms with Gasteiger partial charge in [0.1, 0.15) is 5.56 Å². The van der Waals surface area contributed by atoms with Gasteiger partial charge in [0, 0.05) is 43.8 Å². The summed E-state index contributed by atoms with van der Waals surface area (Å²) in [6, 6.07) is 11.1. The number of hydrogen-bond acceptors (Lipinski definition) is 3. The number of nitrogens with zero attached hydrogens (tertiary/aromatic N) is 3. The molecule has 3 rings (SSSR count). The van der Waals surface area contributed by atoms with Crippen molar-refractivity contribution in [2.45, 2.75) is 6.54 Å². The number of benzene rings is 1. The molecule has 1 saturated heterocycles. The van der Waals surface area contributed by atoms with Gasteiger partial charge in [-0.3, -0.25) is 9.69 Å². The SMILES string of the molecule is O=C(c1ccc[n+]([O-])c1)N1CCN(Cc2cccc(Cl)c2)CC1. The van der Waals surface area contributed by atoms with Gasteiger partial charge < -0.3 is 10.1 Å². The molecule has 0 aliphatic carbocycles. The summed E-state index contributed by atoms with van der Waals surface area (Å²) in [6.45, 7) is 3.76. The predicted octanol–water partition coefficient (Wildman–Crippen LogP) is 1.93. The van der Waals surface area contributed by atoms with Crippen LogP contribution in [0.5, 0.6) is 0 Å². The van der Waals surface area contributed by atoms with Crippen LogP contribution in [-0.2, 0) is 6.54 Å². The third-order valence-corrected chi connectivity index (χ3v) is 4.21. The number of carbonyl (C=O) groups excluding carboxylic acids is 1. The number of amides is 1. The molecule has 2 heterocycles. The molecular formula is C17H18ClN3O2. The summed E-state index contributed by atoms with van der Waals surface area (Å²) in [6.07, 6.45) is 2.69. The van der Waals surface area contributed by atoms with Crippen molar-refractivity contribution in [3.05, 3.63) is 70.1 Å². The van der Waals surface area contributed by atoms with Gasteiger partial charge in [-0.25, -0.2) is 0 Å². The van der Waals surface area contributed by atoms with Gasteiger partial charge in [0.15, 0.2) is 12.4 Å². The molecule has 0 N–H and O–H groups in total. The maximum absolute atomic E-state index is 12.4. The number of carbonyl (C=O) groups is 1. The average Bonchev–Trinajstić information content (AvgIpc) is 2.55. The van der Waals surface area contributed by atoms with Gasteiger partial charge in [-0.05, 0) is 23.8 Å². The number of aromatic nitrogens is 1. The minimum atomic E-state index is -0.0856. The fourth-order valence-electron chi connectivity index (χ4n) is 2.77. The summed E-state index contributed by atoms with van der Waals surface area (Å²) in [5.41, 5.74) is 1.61. The first-order valence-corrected chi connectivity index (χ1v) is 7.94. The van der Waals surface area contributed by atoms with Crippen molar-refractivity contribution in [3.63, 3.8) is 0 Å². The zero-order chi connectivity index (χ0) is 16.2. The lowest BCUT2D eigenvalue weighted by atomic mass is 10.2. The second-order valence-corrected chi connectivity index (χ2v) is 6.09. The highest BCUT2D eigenvalue weighted by Crippen LogP contribution is 2.14. The normalized spacial score (nSPS) is 15.6. The molecule has 1 aliphatic heterocycles. The van der Waals surface area contributed by atoms with Crippen LogP contribution >= 0.6 is 11.6 Å². The van der Waals surface area contributed by atoms with Crippen molar-refractivity contribution in [3.8, 4) is 0 Å². The predicted molar refractivity (Wildman–Crippen MR) is 88.0 cm³/mol. The number of rotatable bonds is 3. The van der Waals surface area contributed by atoms with Gasteiger partial charge in [-0.15, -0.1) is 0 Å². The van der Waals surface area contributed by atoms with Crippen LogP contribution in [-0.4, -0.2) is 41.9 Å². The molecule has 1 aromatic heterocycles. The largest absolute Gasteiger partial charge is 0.619 e. The molecule has 0 spiro atoms. The van der Waals surface area contributed by atoms with Crippen molar-refractivity contribution in [1.82, 2.24) is 9.80 Å². The minimum absolute atomic E-state index is 0.0856. The Balaban J connectivity index is 1.57. The lowest BCUT2D eigenvalue weighted by Crippen LogP contribution is -2.48. The van der Waals surface area contributed by atoms with Gasteiger partial charge in [0.2, 0.25) is 0 Å². The van der Waals surface area contributed by atoms with Crippen LogP contribution < -0.4 is 4.73 Å². The van der Waals surface area contributed by atoms with E-state index in [9.17, 15) is 10.0 Å². The van der Waals surface area contributed by atoms with Gasteiger partial charge in [-0.1, -0.05) is 23.7 Å². The Morgan fingerprint density at radius 1 is 1.17 bits per heavy atom. The first-order chi connectivity index (χ1) is 11.1. The van der Waals surface area contributed by atoms with E-state index in [-0.39, 0.29) is 5.91 Å². The van der Waals surface area contributed by atoms with E-state index in [4.69, 9.17) is 11.6 Å². The Kier molecular flexibility index (Phi) is 4.79. The fraction of sp³-hybridized carbons (Fsp3) is 0.294. The van der Waals surface area contributed by atoms with Crippen molar-refractivity contribution >= 4 is 17.5 Å². The van der Waals surface area contributed by atoms with Gasteiger partial charge in [-0.2, -0.15) is 4.73 Å². The lowest BCUT2D eigenvalue weighted by molar-refractivity contribution is -0.605. The van der Waals surface area contributed by atoms with E-state index in [2.05, 4.69) is 11.0 Å². The van der Waals surface area contributed by atoms with E-state index in [1.807, 2.05) is 18.2 Å². The molecule has 1 aromatic carbocycles. The Labute approximate surface area is 140 Å². The van der Waals surface area contributed by atoms with E-state index in [0.717, 1.165) is 24.7 Å². The van der Waals surface area contributed by atoms with Crippen molar-refractivity contribution in [1.29, 1.82) is 0 Å². The molecule has 23 heavy (non-hydrogen) atoms. The standard InChI is InChI=1S/C17H18ClN3O2/c18-16-5-1-3-14(11-16)12-19-7-9-20(10-8-19)17(22)15-4-2-6-21(23)13-15/h1-6,11,13H,7-10,12H2. The number of piperazine rings is 1. The van der Waals surface area contributed by atoms with Crippen LogP contribution in [0.4, 0.5) is 0 Å². The third kappa shape index (κ3) is 4.00. The third-order valence-electron chi connectivity index (χ3n) is 3.98. The van der Waals surface area contributed by atoms with Crippen LogP contribution in [0.1, 0.15) is 15.9 Å². The molecule has 5 nitrogen and oxygen atoms in total. The van der Waals surface area contributed by atoms with E-state index in [1.165, 1.54) is 18.0 Å². The van der Waals surface area contributed by atoms with Crippen molar-refractivity contribution < 1.29 is 9.52 Å². The summed E-state index contributed by atoms with van der Waals surface area (Å²) in [5, 5.41) is 12.0. The van der Waals surface area contributed by atoms with Gasteiger partial charge in [0.05, 0.1) is 0 Å². The molecule has 120 valence electrons. The zero-order valence-electron chi connectivity index (χ0n) is 12.7. The molecular weight excluding hydrogens is 314 g/mol. The van der Waals surface area contributed by atoms with E-state index < -0.39 is 0 Å². The molecule has 0 atom stereocenters. The van der Waals surface area contributed by atoms with E-state index in [0.29, 0.717) is 23.4 Å². The summed E-state index contributed by atoms with van der Waals surface area (Å²) in [4.78, 5) is 16.5. The summed E-state index contributed by atoms with van der Waals surface area (Å²) in [5.74, 6) is -0.0856. The molecule has 1 amide bonds. The first kappa shape index (κ1) is 15.8. The Hall–Kier alpha value is -2.11. The number of halogens is 1. The summed E-state index contributed by atoms with van der Waals surface area (Å²) >= 11 is 6.01. The van der Waals surface area contributed by atoms with Crippen LogP contribution in [0.2, 0.25) is 5.02 Å². The molecule has 0 unspecified atom stereocenters. The van der Waals surface area contributed by atoms with Crippen molar-refractivity contribution in [2.24, 2.45) is 0 Å². The van der Waals surface area contributed by atoms with Gasteiger partial charge in [0.25, 0.3) is 5.91 Å². The molecule has 6 heteroatoms. The quantitative estimate of drug-likeness (QED) is 0.638. The number of pyridine rings is 1. The molecule has 2 aromatic rings. The van der Waals surface area contributed by atoms with Crippen LogP contribution in [0, 0.1) is 5.21 Å². The monoisotopic (exact) mass is 331 g/mol. The van der Waals surface area contributed by atoms with Gasteiger partial charge >= 0.3 is 0 Å². The van der Waals surface area contributed by atoms with E-state index >= 15 is 0 Å². The maximum atomic E-state index is 12.4. The summed E-state index contributed by atoms with van der Waals surface area (Å²) in [7, 11) is 0. The van der Waals surface area contributed by atoms with Crippen molar-refractivity contribution in [2.75, 3.05) is 26.2 Å². The lowest BCUT2D eigenvalue weighted by Gasteiger charge is -2.34. The first-order valence-electron chi connectivity index (χ1n) is 7.57. The molecule has 0 radical (unpaired) electrons. The minimum Gasteiger partial charge on any atom is -0.619 e. The highest BCUT2D eigenvalue weighted by molar-refractivity contribution is 6.30. The summed E-state index contributed by atoms with van der Waals surface area (Å²) < 4.78 is 0.655. The highest BCUT2D eigenvalue weighted by Gasteiger charge is 2.23. The highest BCUT2D eigenvalue weighted by atomic mass is 35.5. The fourth-order valence-corrected chi connectivity index (χ4v) is 2.98. The van der Waals surface area contributed by atoms with Crippen LogP contribution in [0.15, 0.2) is 48.8 Å². The second kappa shape index (κ2) is 6.98. The maximum Gasteiger partial charge on any atom is 0.260 e. The molecule has 0 saturated carbocycles. The molecule has 1 aliphatic rings. The Morgan fingerprint density at radius 2 is 1.96 bits per heavy atom. The zero-order valence-corrected chi connectivity index (χ0v) is 13.4. The smallest absolute Gasteiger partial charge is 0.260 e. The van der Waals surface area contributed by atoms with E-state index in [1.54, 1.807) is 17.0 Å². The molecule has 0 bridgehead atoms. The second-order valence-electron chi connectivity index (χ2n) is 5.65. The Bertz CT molecular complexity index is 700. The van der Waals surface area contributed by atoms with Crippen LogP contribution in [0.25, 0.3) is 0 Å².